The van der Waals surface area contributed by atoms with E-state index < -0.39 is 58.3 Å². The number of nitrogens with one attached hydrogen (secondary N) is 1. The zero-order valence-electron chi connectivity index (χ0n) is 19.8. The average Bonchev–Trinajstić information content (AvgIpc) is 3.34. The highest BCUT2D eigenvalue weighted by Crippen LogP contribution is 2.41. The van der Waals surface area contributed by atoms with Crippen LogP contribution in [0.3, 0.4) is 0 Å². The van der Waals surface area contributed by atoms with Crippen molar-refractivity contribution in [2.45, 2.75) is 88.9 Å². The molecule has 0 aromatic heterocycles. The zero-order chi connectivity index (χ0) is 25.4. The maximum absolute atomic E-state index is 13.7. The Labute approximate surface area is 196 Å². The summed E-state index contributed by atoms with van der Waals surface area (Å²) in [4.78, 5) is 24.2. The molecule has 0 bridgehead atoms. The second kappa shape index (κ2) is 10.1. The number of rotatable bonds is 12. The van der Waals surface area contributed by atoms with Crippen LogP contribution >= 0.6 is 0 Å². The summed E-state index contributed by atoms with van der Waals surface area (Å²) in [5.74, 6) is -2.65. The molecule has 1 aliphatic heterocycles. The lowest BCUT2D eigenvalue weighted by atomic mass is 9.78. The third-order valence-electron chi connectivity index (χ3n) is 6.89. The summed E-state index contributed by atoms with van der Waals surface area (Å²) in [5, 5.41) is 29.8. The Hall–Kier alpha value is -1.29. The van der Waals surface area contributed by atoms with Crippen LogP contribution in [0.25, 0.3) is 0 Å². The van der Waals surface area contributed by atoms with Gasteiger partial charge in [0.15, 0.2) is 0 Å². The molecule has 8 N–H and O–H groups in total. The lowest BCUT2D eigenvalue weighted by Gasteiger charge is -2.38. The van der Waals surface area contributed by atoms with E-state index in [1.54, 1.807) is 20.8 Å². The SMILES string of the molecule is CC(C)N(C(C)C1(N)CC1)S(=O)(=O)N1C[C@H](CCCB(O)O)[C@](N)(C(=O)N[C@@H](C)C(=O)O)C1. The van der Waals surface area contributed by atoms with Gasteiger partial charge in [-0.1, -0.05) is 6.42 Å². The number of nitrogens with zero attached hydrogens (tertiary/aromatic N) is 2. The topological polar surface area (TPSA) is 200 Å². The van der Waals surface area contributed by atoms with Crippen LogP contribution in [-0.4, -0.2) is 93.5 Å². The molecule has 1 unspecified atom stereocenters. The number of carbonyl (C=O) groups is 2. The molecule has 2 rings (SSSR count). The van der Waals surface area contributed by atoms with Gasteiger partial charge in [0.2, 0.25) is 5.91 Å². The van der Waals surface area contributed by atoms with Crippen LogP contribution in [0.2, 0.25) is 6.32 Å². The molecule has 1 saturated heterocycles. The number of hydrogen-bond acceptors (Lipinski definition) is 8. The zero-order valence-corrected chi connectivity index (χ0v) is 20.6. The summed E-state index contributed by atoms with van der Waals surface area (Å²) >= 11 is 0. The van der Waals surface area contributed by atoms with Crippen LogP contribution in [-0.2, 0) is 19.8 Å². The molecule has 0 aromatic carbocycles. The summed E-state index contributed by atoms with van der Waals surface area (Å²) in [6.45, 7) is 6.20. The van der Waals surface area contributed by atoms with Gasteiger partial charge in [-0.25, -0.2) is 0 Å². The van der Waals surface area contributed by atoms with E-state index in [0.29, 0.717) is 6.42 Å². The smallest absolute Gasteiger partial charge is 0.451 e. The third kappa shape index (κ3) is 6.05. The van der Waals surface area contributed by atoms with Crippen LogP contribution in [0, 0.1) is 5.92 Å². The second-order valence-electron chi connectivity index (χ2n) is 9.82. The minimum absolute atomic E-state index is 0.0390. The predicted octanol–water partition coefficient (Wildman–Crippen LogP) is -1.71. The van der Waals surface area contributed by atoms with Gasteiger partial charge >= 0.3 is 13.1 Å². The number of aliphatic carboxylic acids is 1. The number of carboxylic acid groups (broad SMARTS) is 1. The van der Waals surface area contributed by atoms with Crippen LogP contribution < -0.4 is 16.8 Å². The Balaban J connectivity index is 2.33. The minimum Gasteiger partial charge on any atom is -0.480 e. The molecule has 0 radical (unpaired) electrons. The predicted molar refractivity (Wildman–Crippen MR) is 123 cm³/mol. The van der Waals surface area contributed by atoms with Crippen molar-refractivity contribution in [3.63, 3.8) is 0 Å². The highest BCUT2D eigenvalue weighted by molar-refractivity contribution is 7.86. The number of nitrogens with two attached hydrogens (primary N) is 2. The molecule has 1 saturated carbocycles. The Morgan fingerprint density at radius 1 is 1.21 bits per heavy atom. The number of carbonyl (C=O) groups excluding carboxylic acids is 1. The molecule has 1 amide bonds. The highest BCUT2D eigenvalue weighted by atomic mass is 32.2. The van der Waals surface area contributed by atoms with E-state index in [1.807, 2.05) is 0 Å². The van der Waals surface area contributed by atoms with Gasteiger partial charge in [-0.2, -0.15) is 17.0 Å². The first-order valence-electron chi connectivity index (χ1n) is 11.3. The quantitative estimate of drug-likeness (QED) is 0.172. The summed E-state index contributed by atoms with van der Waals surface area (Å²) in [5.41, 5.74) is 10.5. The van der Waals surface area contributed by atoms with Gasteiger partial charge < -0.3 is 31.9 Å². The normalized spacial score (nSPS) is 26.9. The first-order chi connectivity index (χ1) is 15.1. The molecule has 0 aromatic rings. The van der Waals surface area contributed by atoms with Gasteiger partial charge in [0, 0.05) is 36.6 Å². The van der Waals surface area contributed by atoms with Gasteiger partial charge in [0.25, 0.3) is 10.2 Å². The van der Waals surface area contributed by atoms with Gasteiger partial charge in [-0.05, 0) is 53.3 Å². The van der Waals surface area contributed by atoms with Crippen molar-refractivity contribution in [2.24, 2.45) is 17.4 Å². The monoisotopic (exact) mass is 491 g/mol. The fourth-order valence-corrected chi connectivity index (χ4v) is 6.63. The van der Waals surface area contributed by atoms with Crippen molar-refractivity contribution in [2.75, 3.05) is 13.1 Å². The van der Waals surface area contributed by atoms with E-state index >= 15 is 0 Å². The molecule has 190 valence electrons. The molecule has 1 aliphatic carbocycles. The standard InChI is InChI=1S/C19H38BN5O7S/c1-12(2)25(14(4)18(21)7-8-18)33(31,32)24-10-15(6-5-9-20(29)30)19(22,11-24)17(28)23-13(3)16(26)27/h12-15,29-30H,5-11,21-22H2,1-4H3,(H,23,28)(H,26,27)/t13-,14?,15-,19-/m0/s1. The Morgan fingerprint density at radius 2 is 1.79 bits per heavy atom. The summed E-state index contributed by atoms with van der Waals surface area (Å²) in [7, 11) is -5.59. The van der Waals surface area contributed by atoms with Crippen LogP contribution in [0.1, 0.15) is 53.4 Å². The molecule has 1 heterocycles. The van der Waals surface area contributed by atoms with Crippen molar-refractivity contribution in [1.29, 1.82) is 0 Å². The summed E-state index contributed by atoms with van der Waals surface area (Å²) in [6, 6.07) is -2.05. The van der Waals surface area contributed by atoms with Crippen LogP contribution in [0.4, 0.5) is 0 Å². The fraction of sp³-hybridized carbons (Fsp3) is 0.895. The highest BCUT2D eigenvalue weighted by Gasteiger charge is 2.56. The molecular formula is C19H38BN5O7S. The molecular weight excluding hydrogens is 453 g/mol. The molecule has 2 fully saturated rings. The van der Waals surface area contributed by atoms with Crippen LogP contribution in [0.5, 0.6) is 0 Å². The van der Waals surface area contributed by atoms with Gasteiger partial charge in [-0.3, -0.25) is 9.59 Å². The largest absolute Gasteiger partial charge is 0.480 e. The third-order valence-corrected chi connectivity index (χ3v) is 9.09. The molecule has 14 heteroatoms. The van der Waals surface area contributed by atoms with Crippen molar-refractivity contribution in [1.82, 2.24) is 13.9 Å². The van der Waals surface area contributed by atoms with Crippen molar-refractivity contribution >= 4 is 29.2 Å². The fourth-order valence-electron chi connectivity index (χ4n) is 4.48. The van der Waals surface area contributed by atoms with Gasteiger partial charge in [0.1, 0.15) is 11.6 Å². The maximum Gasteiger partial charge on any atom is 0.451 e. The van der Waals surface area contributed by atoms with Gasteiger partial charge in [-0.15, -0.1) is 0 Å². The Bertz CT molecular complexity index is 838. The first-order valence-corrected chi connectivity index (χ1v) is 12.7. The van der Waals surface area contributed by atoms with Crippen LogP contribution in [0.15, 0.2) is 0 Å². The number of amides is 1. The van der Waals surface area contributed by atoms with E-state index in [2.05, 4.69) is 5.32 Å². The second-order valence-corrected chi connectivity index (χ2v) is 11.6. The first kappa shape index (κ1) is 28.0. The molecule has 2 aliphatic rings. The Kier molecular flexibility index (Phi) is 8.59. The van der Waals surface area contributed by atoms with Gasteiger partial charge in [0.05, 0.1) is 0 Å². The average molecular weight is 491 g/mol. The maximum atomic E-state index is 13.7. The van der Waals surface area contributed by atoms with E-state index in [0.717, 1.165) is 12.8 Å². The van der Waals surface area contributed by atoms with E-state index in [9.17, 15) is 18.0 Å². The lowest BCUT2D eigenvalue weighted by Crippen LogP contribution is -2.62. The molecule has 0 spiro atoms. The number of carboxylic acids is 1. The van der Waals surface area contributed by atoms with E-state index in [-0.39, 0.29) is 31.9 Å². The lowest BCUT2D eigenvalue weighted by molar-refractivity contribution is -0.142. The Morgan fingerprint density at radius 3 is 2.24 bits per heavy atom. The van der Waals surface area contributed by atoms with Crippen molar-refractivity contribution in [3.05, 3.63) is 0 Å². The molecule has 12 nitrogen and oxygen atoms in total. The van der Waals surface area contributed by atoms with E-state index in [4.69, 9.17) is 26.6 Å². The molecule has 33 heavy (non-hydrogen) atoms. The summed E-state index contributed by atoms with van der Waals surface area (Å²) in [6.07, 6.45) is 2.03. The summed E-state index contributed by atoms with van der Waals surface area (Å²) < 4.78 is 29.9. The van der Waals surface area contributed by atoms with Crippen molar-refractivity contribution < 1.29 is 33.2 Å². The van der Waals surface area contributed by atoms with Crippen molar-refractivity contribution in [3.8, 4) is 0 Å². The number of hydrogen-bond donors (Lipinski definition) is 6. The minimum atomic E-state index is -4.05. The molecule has 4 atom stereocenters. The van der Waals surface area contributed by atoms with E-state index in [1.165, 1.54) is 15.5 Å².